The molecule has 1 saturated heterocycles. The predicted octanol–water partition coefficient (Wildman–Crippen LogP) is 3.16. The zero-order valence-electron chi connectivity index (χ0n) is 8.44. The first kappa shape index (κ1) is 15.0. The second-order valence-corrected chi connectivity index (χ2v) is 4.75. The summed E-state index contributed by atoms with van der Waals surface area (Å²) in [5.41, 5.74) is 0.726. The summed E-state index contributed by atoms with van der Waals surface area (Å²) in [6.45, 7) is 9.14. The fraction of sp³-hybridized carbons (Fsp3) is 1.00. The highest BCUT2D eigenvalue weighted by Gasteiger charge is 2.31. The Morgan fingerprint density at radius 3 is 1.33 bits per heavy atom. The van der Waals surface area contributed by atoms with E-state index in [1.54, 1.807) is 0 Å². The van der Waals surface area contributed by atoms with E-state index in [9.17, 15) is 0 Å². The van der Waals surface area contributed by atoms with Crippen molar-refractivity contribution in [3.8, 4) is 0 Å². The minimum atomic E-state index is 0. The van der Waals surface area contributed by atoms with Gasteiger partial charge in [-0.25, -0.2) is 0 Å². The Morgan fingerprint density at radius 1 is 0.833 bits per heavy atom. The zero-order valence-corrected chi connectivity index (χ0v) is 10.1. The number of hydrogen-bond donors (Lipinski definition) is 1. The molecular weight excluding hydrogens is 193 g/mol. The van der Waals surface area contributed by atoms with Gasteiger partial charge in [-0.3, -0.25) is 0 Å². The van der Waals surface area contributed by atoms with Crippen LogP contribution < -0.4 is 5.32 Å². The Labute approximate surface area is 88.5 Å². The van der Waals surface area contributed by atoms with Gasteiger partial charge in [-0.1, -0.05) is 0 Å². The van der Waals surface area contributed by atoms with Gasteiger partial charge in [0.1, 0.15) is 0 Å². The quantitative estimate of drug-likeness (QED) is 0.653. The van der Waals surface area contributed by atoms with Crippen molar-refractivity contribution >= 4 is 24.8 Å². The van der Waals surface area contributed by atoms with Crippen LogP contribution in [0.3, 0.4) is 0 Å². The van der Waals surface area contributed by atoms with Crippen molar-refractivity contribution in [3.63, 3.8) is 0 Å². The van der Waals surface area contributed by atoms with Crippen LogP contribution in [0.15, 0.2) is 0 Å². The minimum Gasteiger partial charge on any atom is -0.307 e. The maximum Gasteiger partial charge on any atom is 0.0130 e. The van der Waals surface area contributed by atoms with Gasteiger partial charge < -0.3 is 5.32 Å². The van der Waals surface area contributed by atoms with Crippen molar-refractivity contribution in [2.24, 2.45) is 0 Å². The van der Waals surface area contributed by atoms with Gasteiger partial charge in [0.25, 0.3) is 0 Å². The van der Waals surface area contributed by atoms with E-state index in [1.165, 1.54) is 19.3 Å². The normalized spacial score (nSPS) is 25.0. The number of halogens is 2. The van der Waals surface area contributed by atoms with Gasteiger partial charge in [0.15, 0.2) is 0 Å². The highest BCUT2D eigenvalue weighted by atomic mass is 35.5. The Balaban J connectivity index is 0. The molecule has 1 N–H and O–H groups in total. The van der Waals surface area contributed by atoms with Gasteiger partial charge in [0, 0.05) is 11.1 Å². The lowest BCUT2D eigenvalue weighted by Gasteiger charge is -2.42. The third-order valence-electron chi connectivity index (χ3n) is 2.28. The molecule has 1 nitrogen and oxygen atoms in total. The van der Waals surface area contributed by atoms with E-state index < -0.39 is 0 Å². The van der Waals surface area contributed by atoms with Gasteiger partial charge in [-0.2, -0.15) is 0 Å². The predicted molar refractivity (Wildman–Crippen MR) is 59.6 cm³/mol. The van der Waals surface area contributed by atoms with Crippen molar-refractivity contribution in [1.29, 1.82) is 0 Å². The summed E-state index contributed by atoms with van der Waals surface area (Å²) in [5.74, 6) is 0. The van der Waals surface area contributed by atoms with E-state index in [1.807, 2.05) is 0 Å². The molecule has 0 unspecified atom stereocenters. The van der Waals surface area contributed by atoms with Crippen LogP contribution in [0, 0.1) is 0 Å². The van der Waals surface area contributed by atoms with Crippen molar-refractivity contribution in [2.45, 2.75) is 58.0 Å². The molecule has 0 saturated carbocycles. The molecule has 0 spiro atoms. The summed E-state index contributed by atoms with van der Waals surface area (Å²) in [6, 6.07) is 0. The summed E-state index contributed by atoms with van der Waals surface area (Å²) in [6.07, 6.45) is 4.00. The van der Waals surface area contributed by atoms with Crippen LogP contribution >= 0.6 is 24.8 Å². The van der Waals surface area contributed by atoms with Crippen LogP contribution in [0.4, 0.5) is 0 Å². The van der Waals surface area contributed by atoms with Gasteiger partial charge in [0.05, 0.1) is 0 Å². The van der Waals surface area contributed by atoms with Crippen LogP contribution in [0.1, 0.15) is 47.0 Å². The monoisotopic (exact) mass is 213 g/mol. The van der Waals surface area contributed by atoms with Crippen LogP contribution in [-0.4, -0.2) is 11.1 Å². The standard InChI is InChI=1S/C9H19N.2ClH/c1-8(2)6-5-7-9(3,4)10-8;;/h10H,5-7H2,1-4H3;2*1H. The molecule has 76 valence electrons. The molecule has 0 aliphatic carbocycles. The highest BCUT2D eigenvalue weighted by Crippen LogP contribution is 2.27. The Hall–Kier alpha value is 0.540. The van der Waals surface area contributed by atoms with Gasteiger partial charge >= 0.3 is 0 Å². The molecule has 0 bridgehead atoms. The molecule has 1 rings (SSSR count). The van der Waals surface area contributed by atoms with Crippen LogP contribution in [0.25, 0.3) is 0 Å². The average Bonchev–Trinajstić information content (AvgIpc) is 1.56. The second kappa shape index (κ2) is 4.69. The molecule has 1 aliphatic heterocycles. The van der Waals surface area contributed by atoms with E-state index in [2.05, 4.69) is 33.0 Å². The van der Waals surface area contributed by atoms with E-state index >= 15 is 0 Å². The first-order chi connectivity index (χ1) is 4.41. The molecule has 1 aliphatic rings. The van der Waals surface area contributed by atoms with Gasteiger partial charge in [-0.05, 0) is 47.0 Å². The molecule has 12 heavy (non-hydrogen) atoms. The fourth-order valence-electron chi connectivity index (χ4n) is 2.01. The number of nitrogens with one attached hydrogen (secondary N) is 1. The SMILES string of the molecule is CC1(C)CCCC(C)(C)N1.Cl.Cl. The first-order valence-electron chi connectivity index (χ1n) is 4.21. The summed E-state index contributed by atoms with van der Waals surface area (Å²) in [4.78, 5) is 0. The third-order valence-corrected chi connectivity index (χ3v) is 2.28. The summed E-state index contributed by atoms with van der Waals surface area (Å²) < 4.78 is 0. The lowest BCUT2D eigenvalue weighted by molar-refractivity contribution is 0.183. The number of rotatable bonds is 0. The van der Waals surface area contributed by atoms with E-state index in [-0.39, 0.29) is 24.8 Å². The molecule has 1 heterocycles. The van der Waals surface area contributed by atoms with Crippen LogP contribution in [0.2, 0.25) is 0 Å². The van der Waals surface area contributed by atoms with Crippen molar-refractivity contribution in [3.05, 3.63) is 0 Å². The summed E-state index contributed by atoms with van der Waals surface area (Å²) in [7, 11) is 0. The molecule has 0 aromatic carbocycles. The lowest BCUT2D eigenvalue weighted by Crippen LogP contribution is -2.55. The van der Waals surface area contributed by atoms with E-state index in [0.29, 0.717) is 11.1 Å². The Kier molecular flexibility index (Phi) is 5.87. The fourth-order valence-corrected chi connectivity index (χ4v) is 2.01. The van der Waals surface area contributed by atoms with Crippen LogP contribution in [-0.2, 0) is 0 Å². The van der Waals surface area contributed by atoms with Crippen molar-refractivity contribution in [2.75, 3.05) is 0 Å². The van der Waals surface area contributed by atoms with Gasteiger partial charge in [0.2, 0.25) is 0 Å². The molecule has 3 heteroatoms. The first-order valence-corrected chi connectivity index (χ1v) is 4.21. The highest BCUT2D eigenvalue weighted by molar-refractivity contribution is 5.85. The smallest absolute Gasteiger partial charge is 0.0130 e. The maximum atomic E-state index is 3.63. The Morgan fingerprint density at radius 2 is 1.17 bits per heavy atom. The Bertz CT molecular complexity index is 118. The maximum absolute atomic E-state index is 3.63. The number of piperidine rings is 1. The molecule has 0 amide bonds. The van der Waals surface area contributed by atoms with Crippen molar-refractivity contribution < 1.29 is 0 Å². The van der Waals surface area contributed by atoms with E-state index in [0.717, 1.165) is 0 Å². The molecule has 0 aromatic heterocycles. The minimum absolute atomic E-state index is 0. The average molecular weight is 214 g/mol. The van der Waals surface area contributed by atoms with Gasteiger partial charge in [-0.15, -0.1) is 24.8 Å². The second-order valence-electron chi connectivity index (χ2n) is 4.75. The van der Waals surface area contributed by atoms with Crippen LogP contribution in [0.5, 0.6) is 0 Å². The summed E-state index contributed by atoms with van der Waals surface area (Å²) >= 11 is 0. The molecular formula is C9H21Cl2N. The summed E-state index contributed by atoms with van der Waals surface area (Å²) in [5, 5.41) is 3.63. The molecule has 0 atom stereocenters. The zero-order chi connectivity index (χ0) is 7.83. The molecule has 1 fully saturated rings. The third kappa shape index (κ3) is 4.54. The van der Waals surface area contributed by atoms with E-state index in [4.69, 9.17) is 0 Å². The molecule has 0 aromatic rings. The number of hydrogen-bond acceptors (Lipinski definition) is 1. The lowest BCUT2D eigenvalue weighted by atomic mass is 9.83. The van der Waals surface area contributed by atoms with Crippen molar-refractivity contribution in [1.82, 2.24) is 5.32 Å². The topological polar surface area (TPSA) is 12.0 Å². The molecule has 0 radical (unpaired) electrons. The largest absolute Gasteiger partial charge is 0.307 e.